The van der Waals surface area contributed by atoms with E-state index >= 15 is 0 Å². The molecule has 0 saturated heterocycles. The predicted octanol–water partition coefficient (Wildman–Crippen LogP) is 17.1. The van der Waals surface area contributed by atoms with Gasteiger partial charge in [-0.2, -0.15) is 0 Å². The number of hydrogen-bond donors (Lipinski definition) is 3. The second kappa shape index (κ2) is 50.2. The summed E-state index contributed by atoms with van der Waals surface area (Å²) >= 11 is 0. The van der Waals surface area contributed by atoms with Crippen molar-refractivity contribution in [2.45, 2.75) is 309 Å². The van der Waals surface area contributed by atoms with Crippen LogP contribution in [0, 0.1) is 0 Å². The second-order valence-corrected chi connectivity index (χ2v) is 18.3. The first kappa shape index (κ1) is 56.9. The van der Waals surface area contributed by atoms with Crippen molar-refractivity contribution in [2.24, 2.45) is 0 Å². The van der Waals surface area contributed by atoms with E-state index in [1.807, 2.05) is 0 Å². The van der Waals surface area contributed by atoms with E-state index in [1.165, 1.54) is 238 Å². The summed E-state index contributed by atoms with van der Waals surface area (Å²) in [6.07, 6.45) is 66.0. The topological polar surface area (TPSA) is 69.6 Å². The molecule has 0 aromatic rings. The summed E-state index contributed by atoms with van der Waals surface area (Å²) in [5.74, 6) is -0.0273. The van der Waals surface area contributed by atoms with E-state index in [1.54, 1.807) is 0 Å². The molecule has 3 N–H and O–H groups in total. The Morgan fingerprint density at radius 1 is 0.414 bits per heavy atom. The normalized spacial score (nSPS) is 13.0. The number of aliphatic hydroxyl groups excluding tert-OH is 2. The molecule has 0 spiro atoms. The highest BCUT2D eigenvalue weighted by Gasteiger charge is 2.20. The number of allylic oxidation sites excluding steroid dienone is 4. The van der Waals surface area contributed by atoms with Gasteiger partial charge in [0.2, 0.25) is 5.91 Å². The number of amides is 1. The van der Waals surface area contributed by atoms with E-state index < -0.39 is 12.1 Å². The molecule has 0 aliphatic rings. The molecule has 0 radical (unpaired) electrons. The lowest BCUT2D eigenvalue weighted by Gasteiger charge is -2.22. The Labute approximate surface area is 364 Å². The third-order valence-corrected chi connectivity index (χ3v) is 12.5. The van der Waals surface area contributed by atoms with Gasteiger partial charge in [-0.05, 0) is 44.9 Å². The number of nitrogens with one attached hydrogen (secondary N) is 1. The first-order valence-electron chi connectivity index (χ1n) is 26.5. The van der Waals surface area contributed by atoms with Gasteiger partial charge in [0, 0.05) is 6.42 Å². The molecule has 2 atom stereocenters. The number of carbonyl (C=O) groups is 1. The lowest BCUT2D eigenvalue weighted by atomic mass is 10.0. The van der Waals surface area contributed by atoms with Crippen LogP contribution < -0.4 is 5.32 Å². The van der Waals surface area contributed by atoms with Crippen LogP contribution in [0.1, 0.15) is 296 Å². The van der Waals surface area contributed by atoms with Crippen LogP contribution in [-0.2, 0) is 4.79 Å². The van der Waals surface area contributed by atoms with Crippen molar-refractivity contribution in [3.63, 3.8) is 0 Å². The van der Waals surface area contributed by atoms with Crippen molar-refractivity contribution in [2.75, 3.05) is 6.61 Å². The molecule has 0 saturated carbocycles. The molecule has 0 aliphatic heterocycles. The lowest BCUT2D eigenvalue weighted by molar-refractivity contribution is -0.123. The third-order valence-electron chi connectivity index (χ3n) is 12.5. The monoisotopic (exact) mass is 816 g/mol. The molecule has 4 heteroatoms. The molecule has 2 unspecified atom stereocenters. The van der Waals surface area contributed by atoms with Crippen LogP contribution in [0.25, 0.3) is 0 Å². The minimum Gasteiger partial charge on any atom is -0.394 e. The molecule has 0 rings (SSSR count). The summed E-state index contributed by atoms with van der Waals surface area (Å²) in [7, 11) is 0. The number of carbonyl (C=O) groups excluding carboxylic acids is 1. The SMILES string of the molecule is CCCCCCC/C=C\C/C=C\CCCCCCCCCCCCCCCCCCCCCCCCCC(=O)NC(CO)C(O)CCCCCCCCCCCCC. The molecule has 0 heterocycles. The molecule has 4 nitrogen and oxygen atoms in total. The molecule has 0 aliphatic carbocycles. The third kappa shape index (κ3) is 45.9. The van der Waals surface area contributed by atoms with E-state index in [-0.39, 0.29) is 12.5 Å². The molecule has 0 aromatic heterocycles. The van der Waals surface area contributed by atoms with E-state index in [2.05, 4.69) is 43.5 Å². The number of rotatable bonds is 49. The standard InChI is InChI=1S/C54H105NO3/c1-3-5-7-9-11-13-15-16-17-18-19-20-21-22-23-24-25-26-27-28-29-30-31-32-33-34-35-36-37-38-40-42-44-46-48-50-54(58)55-52(51-56)53(57)49-47-45-43-41-39-14-12-10-8-6-4-2/h15-16,18-19,52-53,56-57H,3-14,17,20-51H2,1-2H3,(H,55,58)/b16-15-,19-18-. The van der Waals surface area contributed by atoms with Crippen molar-refractivity contribution >= 4 is 5.91 Å². The van der Waals surface area contributed by atoms with Crippen molar-refractivity contribution in [1.29, 1.82) is 0 Å². The van der Waals surface area contributed by atoms with Crippen LogP contribution in [0.3, 0.4) is 0 Å². The zero-order valence-corrected chi connectivity index (χ0v) is 39.6. The summed E-state index contributed by atoms with van der Waals surface area (Å²) in [6.45, 7) is 4.36. The highest BCUT2D eigenvalue weighted by molar-refractivity contribution is 5.76. The van der Waals surface area contributed by atoms with Gasteiger partial charge in [-0.15, -0.1) is 0 Å². The fourth-order valence-electron chi connectivity index (χ4n) is 8.39. The minimum atomic E-state index is -0.654. The van der Waals surface area contributed by atoms with Crippen LogP contribution in [-0.4, -0.2) is 34.9 Å². The van der Waals surface area contributed by atoms with Crippen molar-refractivity contribution in [3.05, 3.63) is 24.3 Å². The minimum absolute atomic E-state index is 0.0273. The van der Waals surface area contributed by atoms with Gasteiger partial charge in [-0.25, -0.2) is 0 Å². The molecule has 1 amide bonds. The van der Waals surface area contributed by atoms with Gasteiger partial charge in [0.25, 0.3) is 0 Å². The number of hydrogen-bond acceptors (Lipinski definition) is 3. The molecular formula is C54H105NO3. The van der Waals surface area contributed by atoms with Gasteiger partial charge in [-0.1, -0.05) is 269 Å². The van der Waals surface area contributed by atoms with Crippen LogP contribution in [0.15, 0.2) is 24.3 Å². The van der Waals surface area contributed by atoms with Gasteiger partial charge in [0.15, 0.2) is 0 Å². The molecular weight excluding hydrogens is 711 g/mol. The highest BCUT2D eigenvalue weighted by Crippen LogP contribution is 2.17. The van der Waals surface area contributed by atoms with Crippen LogP contribution in [0.2, 0.25) is 0 Å². The van der Waals surface area contributed by atoms with Crippen molar-refractivity contribution in [1.82, 2.24) is 5.32 Å². The zero-order chi connectivity index (χ0) is 42.1. The summed E-state index contributed by atoms with van der Waals surface area (Å²) < 4.78 is 0. The Morgan fingerprint density at radius 2 is 0.707 bits per heavy atom. The van der Waals surface area contributed by atoms with E-state index in [4.69, 9.17) is 0 Å². The van der Waals surface area contributed by atoms with Gasteiger partial charge in [-0.3, -0.25) is 4.79 Å². The largest absolute Gasteiger partial charge is 0.394 e. The summed E-state index contributed by atoms with van der Waals surface area (Å²) in [6, 6.07) is -0.531. The first-order valence-corrected chi connectivity index (χ1v) is 26.5. The van der Waals surface area contributed by atoms with Gasteiger partial charge < -0.3 is 15.5 Å². The maximum Gasteiger partial charge on any atom is 0.220 e. The van der Waals surface area contributed by atoms with Gasteiger partial charge >= 0.3 is 0 Å². The maximum atomic E-state index is 12.4. The van der Waals surface area contributed by atoms with E-state index in [9.17, 15) is 15.0 Å². The average Bonchev–Trinajstić information content (AvgIpc) is 3.23. The quantitative estimate of drug-likeness (QED) is 0.0423. The Morgan fingerprint density at radius 3 is 1.03 bits per heavy atom. The van der Waals surface area contributed by atoms with Crippen molar-refractivity contribution < 1.29 is 15.0 Å². The fraction of sp³-hybridized carbons (Fsp3) is 0.907. The fourth-order valence-corrected chi connectivity index (χ4v) is 8.39. The zero-order valence-electron chi connectivity index (χ0n) is 39.6. The summed E-state index contributed by atoms with van der Waals surface area (Å²) in [5.41, 5.74) is 0. The highest BCUT2D eigenvalue weighted by atomic mass is 16.3. The molecule has 0 fully saturated rings. The lowest BCUT2D eigenvalue weighted by Crippen LogP contribution is -2.45. The average molecular weight is 816 g/mol. The maximum absolute atomic E-state index is 12.4. The van der Waals surface area contributed by atoms with Crippen molar-refractivity contribution in [3.8, 4) is 0 Å². The predicted molar refractivity (Wildman–Crippen MR) is 258 cm³/mol. The number of aliphatic hydroxyl groups is 2. The molecule has 0 aromatic carbocycles. The van der Waals surface area contributed by atoms with Gasteiger partial charge in [0.05, 0.1) is 18.8 Å². The second-order valence-electron chi connectivity index (χ2n) is 18.3. The van der Waals surface area contributed by atoms with E-state index in [0.29, 0.717) is 12.8 Å². The van der Waals surface area contributed by atoms with Crippen LogP contribution in [0.5, 0.6) is 0 Å². The van der Waals surface area contributed by atoms with Crippen LogP contribution >= 0.6 is 0 Å². The molecule has 58 heavy (non-hydrogen) atoms. The molecule has 344 valence electrons. The summed E-state index contributed by atoms with van der Waals surface area (Å²) in [4.78, 5) is 12.4. The first-order chi connectivity index (χ1) is 28.7. The van der Waals surface area contributed by atoms with Crippen LogP contribution in [0.4, 0.5) is 0 Å². The van der Waals surface area contributed by atoms with E-state index in [0.717, 1.165) is 32.1 Å². The summed E-state index contributed by atoms with van der Waals surface area (Å²) in [5, 5.41) is 23.2. The Balaban J connectivity index is 3.36. The smallest absolute Gasteiger partial charge is 0.220 e. The Kier molecular flexibility index (Phi) is 49.2. The Bertz CT molecular complexity index is 840. The Hall–Kier alpha value is -1.13. The van der Waals surface area contributed by atoms with Gasteiger partial charge in [0.1, 0.15) is 0 Å². The molecule has 0 bridgehead atoms. The number of unbranched alkanes of at least 4 members (excludes halogenated alkanes) is 38.